The van der Waals surface area contributed by atoms with Gasteiger partial charge in [-0.2, -0.15) is 0 Å². The zero-order valence-electron chi connectivity index (χ0n) is 15.3. The van der Waals surface area contributed by atoms with Crippen molar-refractivity contribution in [2.75, 3.05) is 0 Å². The number of aliphatic hydroxyl groups is 2. The molecule has 0 bridgehead atoms. The number of hydrogen-bond acceptors (Lipinski definition) is 3. The number of rotatable bonds is 2. The summed E-state index contributed by atoms with van der Waals surface area (Å²) in [6.45, 7) is 14.8. The number of nitrogens with one attached hydrogen (secondary N) is 1. The second-order valence-corrected chi connectivity index (χ2v) is 8.82. The summed E-state index contributed by atoms with van der Waals surface area (Å²) in [6.07, 6.45) is 0. The van der Waals surface area contributed by atoms with Crippen molar-refractivity contribution in [3.63, 3.8) is 0 Å². The summed E-state index contributed by atoms with van der Waals surface area (Å²) in [5.41, 5.74) is 0.396. The van der Waals surface area contributed by atoms with Gasteiger partial charge in [-0.25, -0.2) is 0 Å². The molecule has 4 heteroatoms. The van der Waals surface area contributed by atoms with Crippen LogP contribution in [0, 0.1) is 3.91 Å². The molecule has 0 aromatic heterocycles. The maximum atomic E-state index is 8.52. The topological polar surface area (TPSA) is 64.3 Å². The third kappa shape index (κ3) is 21.8. The van der Waals surface area contributed by atoms with Gasteiger partial charge in [-0.05, 0) is 41.5 Å². The fourth-order valence-corrected chi connectivity index (χ4v) is 2.14. The molecule has 3 nitrogen and oxygen atoms in total. The Kier molecular flexibility index (Phi) is 11.1. The average molecular weight is 391 g/mol. The first-order chi connectivity index (χ1) is 9.67. The first-order valence-electron chi connectivity index (χ1n) is 7.34. The van der Waals surface area contributed by atoms with E-state index in [0.717, 1.165) is 0 Å². The zero-order valence-corrected chi connectivity index (χ0v) is 17.3. The van der Waals surface area contributed by atoms with Crippen LogP contribution in [0.15, 0.2) is 30.3 Å². The van der Waals surface area contributed by atoms with E-state index in [-0.39, 0.29) is 5.41 Å². The van der Waals surface area contributed by atoms with Crippen molar-refractivity contribution >= 4 is 4.40 Å². The maximum absolute atomic E-state index is 8.52. The molecule has 1 aromatic carbocycles. The van der Waals surface area contributed by atoms with Gasteiger partial charge in [0.05, 0.1) is 11.2 Å². The molecule has 22 heavy (non-hydrogen) atoms. The van der Waals surface area contributed by atoms with Crippen molar-refractivity contribution in [1.29, 1.82) is 3.91 Å². The Hall–Kier alpha value is -0.502. The van der Waals surface area contributed by atoms with E-state index < -0.39 is 29.1 Å². The van der Waals surface area contributed by atoms with Crippen LogP contribution in [-0.2, 0) is 23.3 Å². The van der Waals surface area contributed by atoms with Gasteiger partial charge in [0.2, 0.25) is 0 Å². The normalized spacial score (nSPS) is 11.4. The van der Waals surface area contributed by atoms with Gasteiger partial charge in [-0.3, -0.25) is 0 Å². The van der Waals surface area contributed by atoms with Crippen molar-refractivity contribution in [2.45, 2.75) is 72.0 Å². The Morgan fingerprint density at radius 2 is 1.14 bits per heavy atom. The van der Waals surface area contributed by atoms with E-state index in [2.05, 4.69) is 42.5 Å². The Balaban J connectivity index is 0. The van der Waals surface area contributed by atoms with E-state index in [4.69, 9.17) is 14.1 Å². The van der Waals surface area contributed by atoms with Crippen molar-refractivity contribution < 1.29 is 28.1 Å². The predicted molar refractivity (Wildman–Crippen MR) is 92.2 cm³/mol. The molecule has 128 valence electrons. The van der Waals surface area contributed by atoms with E-state index in [1.165, 1.54) is 5.56 Å². The molecule has 0 unspecified atom stereocenters. The Bertz CT molecular complexity index is 426. The predicted octanol–water partition coefficient (Wildman–Crippen LogP) is 4.17. The van der Waals surface area contributed by atoms with Gasteiger partial charge in [0.15, 0.2) is 0 Å². The summed E-state index contributed by atoms with van der Waals surface area (Å²) >= 11 is -0.639. The van der Waals surface area contributed by atoms with Crippen molar-refractivity contribution in [3.05, 3.63) is 35.9 Å². The van der Waals surface area contributed by atoms with Crippen LogP contribution in [0.2, 0.25) is 0 Å². The van der Waals surface area contributed by atoms with Gasteiger partial charge in [0.1, 0.15) is 0 Å². The van der Waals surface area contributed by atoms with Gasteiger partial charge in [-0.15, -0.1) is 0 Å². The molecule has 1 aromatic rings. The quantitative estimate of drug-likeness (QED) is 0.663. The van der Waals surface area contributed by atoms with Gasteiger partial charge < -0.3 is 10.2 Å². The van der Waals surface area contributed by atoms with Crippen LogP contribution in [-0.4, -0.2) is 25.8 Å². The second kappa shape index (κ2) is 10.3. The molecule has 0 radical (unpaired) electrons. The summed E-state index contributed by atoms with van der Waals surface area (Å²) < 4.78 is 9.43. The van der Waals surface area contributed by atoms with Crippen LogP contribution in [0.3, 0.4) is 0 Å². The van der Waals surface area contributed by atoms with E-state index in [0.29, 0.717) is 0 Å². The van der Waals surface area contributed by atoms with Crippen molar-refractivity contribution in [1.82, 2.24) is 0 Å². The van der Waals surface area contributed by atoms with Crippen LogP contribution < -0.4 is 0 Å². The van der Waals surface area contributed by atoms with Gasteiger partial charge in [0.25, 0.3) is 0 Å². The van der Waals surface area contributed by atoms with Gasteiger partial charge in [0, 0.05) is 0 Å². The molecule has 0 aliphatic carbocycles. The fourth-order valence-electron chi connectivity index (χ4n) is 1.08. The Morgan fingerprint density at radius 1 is 0.818 bits per heavy atom. The minimum atomic E-state index is -0.639. The molecular formula is C18H33MoNO2. The van der Waals surface area contributed by atoms with Crippen LogP contribution in [0.5, 0.6) is 0 Å². The summed E-state index contributed by atoms with van der Waals surface area (Å²) in [5.74, 6) is 0. The van der Waals surface area contributed by atoms with Crippen LogP contribution >= 0.6 is 0 Å². The summed E-state index contributed by atoms with van der Waals surface area (Å²) in [5, 5.41) is 17.0. The van der Waals surface area contributed by atoms with E-state index in [1.807, 2.05) is 6.07 Å². The first-order valence-corrected chi connectivity index (χ1v) is 9.50. The average Bonchev–Trinajstić information content (AvgIpc) is 2.25. The molecular weight excluding hydrogens is 358 g/mol. The molecule has 0 atom stereocenters. The molecule has 1 rings (SSSR count). The molecule has 0 saturated carbocycles. The zero-order chi connectivity index (χ0) is 18.0. The first kappa shape index (κ1) is 23.8. The van der Waals surface area contributed by atoms with Crippen molar-refractivity contribution in [3.8, 4) is 0 Å². The molecule has 3 N–H and O–H groups in total. The van der Waals surface area contributed by atoms with Crippen LogP contribution in [0.4, 0.5) is 0 Å². The summed E-state index contributed by atoms with van der Waals surface area (Å²) in [6, 6.07) is 10.4. The number of benzene rings is 1. The van der Waals surface area contributed by atoms with Gasteiger partial charge in [-0.1, -0.05) is 0 Å². The molecule has 0 fully saturated rings. The SMILES string of the molecule is CC(C)(C)O.CC(C)(C)O.CC(C)([CH]=[Mo]=[NH])c1ccccc1. The summed E-state index contributed by atoms with van der Waals surface area (Å²) in [7, 11) is 0. The van der Waals surface area contributed by atoms with Crippen LogP contribution in [0.25, 0.3) is 0 Å². The number of hydrogen-bond donors (Lipinski definition) is 3. The summed E-state index contributed by atoms with van der Waals surface area (Å²) in [4.78, 5) is 0. The van der Waals surface area contributed by atoms with Crippen LogP contribution in [0.1, 0.15) is 61.0 Å². The fraction of sp³-hybridized carbons (Fsp3) is 0.611. The third-order valence-corrected chi connectivity index (χ3v) is 3.61. The van der Waals surface area contributed by atoms with Gasteiger partial charge >= 0.3 is 81.4 Å². The third-order valence-electron chi connectivity index (χ3n) is 1.87. The standard InChI is InChI=1S/C10H12.2C4H10O.Mo.HN/c1-10(2,3)9-7-5-4-6-8-9;2*1-4(2,3)5;;/h1,4-8H,2-3H3;2*5H,1-3H3;;1H. The molecule has 0 aliphatic heterocycles. The molecule has 0 saturated heterocycles. The minimum absolute atomic E-state index is 0.0885. The van der Waals surface area contributed by atoms with Crippen molar-refractivity contribution in [2.24, 2.45) is 0 Å². The second-order valence-electron chi connectivity index (χ2n) is 7.67. The molecule has 0 heterocycles. The van der Waals surface area contributed by atoms with E-state index in [9.17, 15) is 0 Å². The van der Waals surface area contributed by atoms with E-state index >= 15 is 0 Å². The Morgan fingerprint density at radius 3 is 1.41 bits per heavy atom. The Labute approximate surface area is 144 Å². The molecule has 0 aliphatic rings. The molecule has 0 amide bonds. The monoisotopic (exact) mass is 393 g/mol. The molecule has 0 spiro atoms. The van der Waals surface area contributed by atoms with E-state index in [1.54, 1.807) is 41.5 Å².